The lowest BCUT2D eigenvalue weighted by Gasteiger charge is -2.28. The number of aryl methyl sites for hydroxylation is 1. The lowest BCUT2D eigenvalue weighted by Crippen LogP contribution is -2.29. The van der Waals surface area contributed by atoms with Crippen molar-refractivity contribution in [3.8, 4) is 16.9 Å². The molecule has 1 aliphatic rings. The molecular weight excluding hydrogens is 657 g/mol. The van der Waals surface area contributed by atoms with Crippen LogP contribution in [0.2, 0.25) is 0 Å². The summed E-state index contributed by atoms with van der Waals surface area (Å²) in [4.78, 5) is 21.2. The zero-order valence-electron chi connectivity index (χ0n) is 30.7. The van der Waals surface area contributed by atoms with E-state index in [0.29, 0.717) is 37.0 Å². The van der Waals surface area contributed by atoms with Crippen LogP contribution in [0.4, 0.5) is 11.4 Å². The Morgan fingerprint density at radius 1 is 0.961 bits per heavy atom. The van der Waals surface area contributed by atoms with Crippen molar-refractivity contribution >= 4 is 34.5 Å². The number of carbonyl (C=O) groups is 1. The number of hydrogen-bond donors (Lipinski definition) is 1. The Morgan fingerprint density at radius 3 is 2.49 bits per heavy atom. The number of ether oxygens (including phenoxy) is 2. The molecule has 0 fully saturated rings. The fourth-order valence-electron chi connectivity index (χ4n) is 6.29. The van der Waals surface area contributed by atoms with Gasteiger partial charge in [0.2, 0.25) is 0 Å². The first-order valence-electron chi connectivity index (χ1n) is 18.5. The van der Waals surface area contributed by atoms with Crippen molar-refractivity contribution in [3.63, 3.8) is 0 Å². The maximum atomic E-state index is 13.8. The third kappa shape index (κ3) is 11.2. The predicted molar refractivity (Wildman–Crippen MR) is 210 cm³/mol. The number of amides is 1. The van der Waals surface area contributed by atoms with Crippen molar-refractivity contribution in [2.75, 3.05) is 43.1 Å². The van der Waals surface area contributed by atoms with Crippen molar-refractivity contribution < 1.29 is 18.8 Å². The highest BCUT2D eigenvalue weighted by Crippen LogP contribution is 2.33. The molecule has 9 heteroatoms. The molecule has 1 atom stereocenters. The fourth-order valence-corrected chi connectivity index (χ4v) is 7.40. The zero-order chi connectivity index (χ0) is 36.0. The number of hydrogen-bond acceptors (Lipinski definition) is 6. The standard InChI is InChI=1S/C42H54N4O4S/c1-5-7-23-49-24-25-50-39-16-11-33(12-17-39)34-13-20-41-36(26-34)27-35(10-8-9-22-45(41)29-32(3)4)42(47)44-37-14-18-40(19-15-37)51(48)30-38-28-43-31-46(38)21-6-2/h11-20,26-28,31-32H,5-10,21-25,29-30H2,1-4H3,(H,44,47)/b35-27+. The third-order valence-corrected chi connectivity index (χ3v) is 10.3. The van der Waals surface area contributed by atoms with E-state index in [1.54, 1.807) is 12.5 Å². The first kappa shape index (κ1) is 38.2. The van der Waals surface area contributed by atoms with Crippen LogP contribution in [0.25, 0.3) is 17.2 Å². The lowest BCUT2D eigenvalue weighted by molar-refractivity contribution is -0.112. The van der Waals surface area contributed by atoms with Crippen LogP contribution in [0.3, 0.4) is 0 Å². The molecule has 51 heavy (non-hydrogen) atoms. The Morgan fingerprint density at radius 2 is 1.75 bits per heavy atom. The highest BCUT2D eigenvalue weighted by molar-refractivity contribution is 7.90. The second kappa shape index (κ2) is 19.5. The molecule has 0 bridgehead atoms. The normalized spacial score (nSPS) is 14.9. The van der Waals surface area contributed by atoms with E-state index in [4.69, 9.17) is 9.47 Å². The van der Waals surface area contributed by atoms with Gasteiger partial charge in [-0.25, -0.2) is 4.98 Å². The van der Waals surface area contributed by atoms with Gasteiger partial charge in [0.1, 0.15) is 12.4 Å². The summed E-state index contributed by atoms with van der Waals surface area (Å²) < 4.78 is 26.7. The maximum absolute atomic E-state index is 13.8. The summed E-state index contributed by atoms with van der Waals surface area (Å²) in [6, 6.07) is 22.1. The second-order valence-corrected chi connectivity index (χ2v) is 15.1. The molecule has 4 aromatic rings. The van der Waals surface area contributed by atoms with Gasteiger partial charge in [0.25, 0.3) is 5.91 Å². The first-order valence-corrected chi connectivity index (χ1v) is 19.9. The molecule has 1 amide bonds. The van der Waals surface area contributed by atoms with Crippen LogP contribution in [-0.2, 0) is 33.0 Å². The van der Waals surface area contributed by atoms with Gasteiger partial charge in [-0.3, -0.25) is 4.79 Å². The summed E-state index contributed by atoms with van der Waals surface area (Å²) in [5.41, 5.74) is 6.76. The topological polar surface area (TPSA) is 91.7 Å². The van der Waals surface area contributed by atoms with Crippen LogP contribution >= 0.6 is 0 Å². The SMILES string of the molecule is CCCCOCCOc1ccc(-c2ccc3c(c2)/C=C(/C(=O)Nc2ccc([S+]([O-])Cc4cncn4CCC)cc2)CCCCN3CC(C)C)cc1. The van der Waals surface area contributed by atoms with Gasteiger partial charge in [0.05, 0.1) is 24.8 Å². The number of imidazole rings is 1. The largest absolute Gasteiger partial charge is 0.611 e. The van der Waals surface area contributed by atoms with Gasteiger partial charge < -0.3 is 28.8 Å². The highest BCUT2D eigenvalue weighted by atomic mass is 32.2. The number of nitrogens with one attached hydrogen (secondary N) is 1. The van der Waals surface area contributed by atoms with E-state index >= 15 is 0 Å². The maximum Gasteiger partial charge on any atom is 0.251 e. The number of rotatable bonds is 17. The molecule has 0 saturated carbocycles. The molecule has 0 saturated heterocycles. The number of unbranched alkanes of at least 4 members (excludes halogenated alkanes) is 1. The minimum absolute atomic E-state index is 0.110. The van der Waals surface area contributed by atoms with E-state index in [1.807, 2.05) is 36.4 Å². The molecule has 1 aliphatic heterocycles. The molecular formula is C42H54N4O4S. The van der Waals surface area contributed by atoms with Crippen LogP contribution in [-0.4, -0.2) is 52.9 Å². The average Bonchev–Trinajstić information content (AvgIpc) is 3.59. The first-order chi connectivity index (χ1) is 24.8. The Hall–Kier alpha value is -4.05. The Kier molecular flexibility index (Phi) is 14.6. The Balaban J connectivity index is 1.32. The summed E-state index contributed by atoms with van der Waals surface area (Å²) >= 11 is -1.22. The Bertz CT molecular complexity index is 1700. The van der Waals surface area contributed by atoms with E-state index in [2.05, 4.69) is 83.9 Å². The summed E-state index contributed by atoms with van der Waals surface area (Å²) in [6.07, 6.45) is 11.4. The van der Waals surface area contributed by atoms with Crippen molar-refractivity contribution in [1.82, 2.24) is 9.55 Å². The molecule has 5 rings (SSSR count). The van der Waals surface area contributed by atoms with Crippen LogP contribution in [0, 0.1) is 5.92 Å². The molecule has 0 aliphatic carbocycles. The van der Waals surface area contributed by atoms with Crippen LogP contribution < -0.4 is 15.0 Å². The number of benzene rings is 3. The zero-order valence-corrected chi connectivity index (χ0v) is 31.6. The molecule has 1 unspecified atom stereocenters. The van der Waals surface area contributed by atoms with E-state index in [1.165, 1.54) is 0 Å². The van der Waals surface area contributed by atoms with Gasteiger partial charge in [-0.1, -0.05) is 52.3 Å². The number of carbonyl (C=O) groups excluding carboxylic acids is 1. The van der Waals surface area contributed by atoms with E-state index < -0.39 is 11.2 Å². The van der Waals surface area contributed by atoms with E-state index in [9.17, 15) is 9.35 Å². The second-order valence-electron chi connectivity index (χ2n) is 13.6. The summed E-state index contributed by atoms with van der Waals surface area (Å²) in [7, 11) is 0. The number of fused-ring (bicyclic) bond motifs is 1. The molecule has 0 radical (unpaired) electrons. The molecule has 3 aromatic carbocycles. The summed E-state index contributed by atoms with van der Waals surface area (Å²) in [5, 5.41) is 3.12. The minimum Gasteiger partial charge on any atom is -0.611 e. The van der Waals surface area contributed by atoms with Crippen LogP contribution in [0.5, 0.6) is 5.75 Å². The smallest absolute Gasteiger partial charge is 0.251 e. The van der Waals surface area contributed by atoms with Crippen molar-refractivity contribution in [2.45, 2.75) is 83.4 Å². The van der Waals surface area contributed by atoms with Gasteiger partial charge in [-0.15, -0.1) is 0 Å². The van der Waals surface area contributed by atoms with Crippen LogP contribution in [0.15, 0.2) is 89.7 Å². The van der Waals surface area contributed by atoms with Gasteiger partial charge in [0, 0.05) is 43.2 Å². The molecule has 2 heterocycles. The van der Waals surface area contributed by atoms with E-state index in [0.717, 1.165) is 103 Å². The molecule has 0 spiro atoms. The third-order valence-electron chi connectivity index (χ3n) is 8.94. The number of aromatic nitrogens is 2. The van der Waals surface area contributed by atoms with Gasteiger partial charge in [0.15, 0.2) is 10.6 Å². The van der Waals surface area contributed by atoms with Crippen molar-refractivity contribution in [2.24, 2.45) is 5.92 Å². The molecule has 8 nitrogen and oxygen atoms in total. The van der Waals surface area contributed by atoms with E-state index in [-0.39, 0.29) is 5.91 Å². The minimum atomic E-state index is -1.22. The molecule has 1 N–H and O–H groups in total. The molecule has 1 aromatic heterocycles. The summed E-state index contributed by atoms with van der Waals surface area (Å²) in [6.45, 7) is 13.4. The van der Waals surface area contributed by atoms with Crippen molar-refractivity contribution in [1.29, 1.82) is 0 Å². The predicted octanol–water partition coefficient (Wildman–Crippen LogP) is 9.13. The van der Waals surface area contributed by atoms with Gasteiger partial charge in [-0.05, 0) is 120 Å². The van der Waals surface area contributed by atoms with Gasteiger partial charge in [-0.2, -0.15) is 0 Å². The summed E-state index contributed by atoms with van der Waals surface area (Å²) in [5.74, 6) is 1.62. The monoisotopic (exact) mass is 710 g/mol. The highest BCUT2D eigenvalue weighted by Gasteiger charge is 2.20. The lowest BCUT2D eigenvalue weighted by atomic mass is 9.98. The van der Waals surface area contributed by atoms with Crippen molar-refractivity contribution in [3.05, 3.63) is 96.1 Å². The Labute approximate surface area is 307 Å². The fraction of sp³-hybridized carbons (Fsp3) is 0.429. The number of nitrogens with zero attached hydrogens (tertiary/aromatic N) is 3. The number of anilines is 2. The molecule has 272 valence electrons. The van der Waals surface area contributed by atoms with Crippen LogP contribution in [0.1, 0.15) is 77.5 Å². The van der Waals surface area contributed by atoms with Gasteiger partial charge >= 0.3 is 0 Å². The average molecular weight is 711 g/mol. The quantitative estimate of drug-likeness (QED) is 0.0869.